The van der Waals surface area contributed by atoms with Crippen molar-refractivity contribution in [3.05, 3.63) is 65.7 Å². The number of hydrogen-bond donors (Lipinski definition) is 1. The average molecular weight is 336 g/mol. The van der Waals surface area contributed by atoms with Crippen LogP contribution in [0.3, 0.4) is 0 Å². The lowest BCUT2D eigenvalue weighted by atomic mass is 9.95. The molecule has 0 bridgehead atoms. The van der Waals surface area contributed by atoms with Gasteiger partial charge in [-0.3, -0.25) is 9.78 Å². The van der Waals surface area contributed by atoms with Crippen LogP contribution in [0, 0.1) is 12.8 Å². The van der Waals surface area contributed by atoms with E-state index in [1.54, 1.807) is 23.1 Å². The third-order valence-corrected chi connectivity index (χ3v) is 4.75. The first-order chi connectivity index (χ1) is 12.2. The van der Waals surface area contributed by atoms with E-state index < -0.39 is 0 Å². The lowest BCUT2D eigenvalue weighted by Crippen LogP contribution is -2.40. The Bertz CT molecular complexity index is 891. The predicted molar refractivity (Wildman–Crippen MR) is 93.4 cm³/mol. The molecule has 1 N–H and O–H groups in total. The van der Waals surface area contributed by atoms with E-state index in [0.717, 1.165) is 17.5 Å². The molecule has 0 saturated carbocycles. The Morgan fingerprint density at radius 1 is 1.32 bits per heavy atom. The monoisotopic (exact) mass is 336 g/mol. The number of nitrogens with one attached hydrogen (secondary N) is 1. The molecule has 1 aliphatic rings. The highest BCUT2D eigenvalue weighted by molar-refractivity contribution is 6.01. The number of pyridine rings is 2. The molecular weight excluding hydrogens is 316 g/mol. The number of amides is 1. The minimum Gasteiger partial charge on any atom is -0.379 e. The molecule has 0 unspecified atom stereocenters. The Morgan fingerprint density at radius 2 is 2.16 bits per heavy atom. The van der Waals surface area contributed by atoms with E-state index in [-0.39, 0.29) is 17.9 Å². The van der Waals surface area contributed by atoms with Gasteiger partial charge in [-0.25, -0.2) is 4.52 Å². The molecule has 0 spiro atoms. The average Bonchev–Trinajstić information content (AvgIpc) is 3.24. The first-order valence-electron chi connectivity index (χ1n) is 8.43. The topological polar surface area (TPSA) is 68.5 Å². The van der Waals surface area contributed by atoms with Crippen LogP contribution in [0.1, 0.15) is 21.5 Å². The van der Waals surface area contributed by atoms with Crippen molar-refractivity contribution in [2.75, 3.05) is 13.2 Å². The van der Waals surface area contributed by atoms with Crippen LogP contribution in [0.2, 0.25) is 0 Å². The maximum Gasteiger partial charge on any atom is 0.255 e. The summed E-state index contributed by atoms with van der Waals surface area (Å²) in [6, 6.07) is 7.92. The third kappa shape index (κ3) is 3.13. The number of carbonyl (C=O) groups excluding carboxylic acids is 1. The quantitative estimate of drug-likeness (QED) is 0.791. The summed E-state index contributed by atoms with van der Waals surface area (Å²) in [5.41, 5.74) is 3.69. The minimum atomic E-state index is -0.0977. The summed E-state index contributed by atoms with van der Waals surface area (Å²) in [6.07, 6.45) is 7.93. The number of rotatable bonds is 4. The Hall–Kier alpha value is -2.73. The number of nitrogens with zero attached hydrogens (tertiary/aromatic N) is 3. The first-order valence-corrected chi connectivity index (χ1v) is 8.43. The molecule has 25 heavy (non-hydrogen) atoms. The fourth-order valence-corrected chi connectivity index (χ4v) is 3.41. The van der Waals surface area contributed by atoms with Crippen molar-refractivity contribution in [1.29, 1.82) is 0 Å². The number of ether oxygens (including phenoxy) is 1. The minimum absolute atomic E-state index is 0.000339. The van der Waals surface area contributed by atoms with Gasteiger partial charge in [0, 0.05) is 24.5 Å². The van der Waals surface area contributed by atoms with Gasteiger partial charge in [-0.05, 0) is 42.7 Å². The molecule has 3 aromatic heterocycles. The van der Waals surface area contributed by atoms with Gasteiger partial charge in [-0.2, -0.15) is 5.10 Å². The highest BCUT2D eigenvalue weighted by Crippen LogP contribution is 2.21. The Balaban J connectivity index is 1.51. The summed E-state index contributed by atoms with van der Waals surface area (Å²) in [7, 11) is 0. The SMILES string of the molecule is Cc1cccn2ncc(C(=O)N[C@H]3COC[C@H]3Cc3ccncc3)c12. The number of aryl methyl sites for hydroxylation is 1. The van der Waals surface area contributed by atoms with Gasteiger partial charge in [0.2, 0.25) is 0 Å². The van der Waals surface area contributed by atoms with Crippen molar-refractivity contribution in [3.63, 3.8) is 0 Å². The van der Waals surface area contributed by atoms with E-state index in [4.69, 9.17) is 4.74 Å². The van der Waals surface area contributed by atoms with Crippen molar-refractivity contribution in [2.24, 2.45) is 5.92 Å². The summed E-state index contributed by atoms with van der Waals surface area (Å²) in [6.45, 7) is 3.18. The summed E-state index contributed by atoms with van der Waals surface area (Å²) < 4.78 is 7.36. The van der Waals surface area contributed by atoms with Crippen LogP contribution in [-0.4, -0.2) is 39.8 Å². The van der Waals surface area contributed by atoms with Gasteiger partial charge in [-0.15, -0.1) is 0 Å². The molecule has 1 saturated heterocycles. The predicted octanol–water partition coefficient (Wildman–Crippen LogP) is 2.03. The van der Waals surface area contributed by atoms with Gasteiger partial charge >= 0.3 is 0 Å². The van der Waals surface area contributed by atoms with Gasteiger partial charge < -0.3 is 10.1 Å². The van der Waals surface area contributed by atoms with E-state index in [1.807, 2.05) is 37.4 Å². The highest BCUT2D eigenvalue weighted by atomic mass is 16.5. The molecule has 6 heteroatoms. The zero-order valence-electron chi connectivity index (χ0n) is 14.1. The van der Waals surface area contributed by atoms with Crippen LogP contribution in [0.4, 0.5) is 0 Å². The van der Waals surface area contributed by atoms with E-state index in [9.17, 15) is 4.79 Å². The smallest absolute Gasteiger partial charge is 0.255 e. The van der Waals surface area contributed by atoms with E-state index in [0.29, 0.717) is 18.8 Å². The molecule has 128 valence electrons. The van der Waals surface area contributed by atoms with Crippen molar-refractivity contribution >= 4 is 11.4 Å². The Kier molecular flexibility index (Phi) is 4.19. The molecule has 2 atom stereocenters. The fraction of sp³-hybridized carbons (Fsp3) is 0.316. The molecule has 6 nitrogen and oxygen atoms in total. The summed E-state index contributed by atoms with van der Waals surface area (Å²) in [5.74, 6) is 0.161. The molecule has 1 amide bonds. The number of fused-ring (bicyclic) bond motifs is 1. The lowest BCUT2D eigenvalue weighted by molar-refractivity contribution is 0.0926. The van der Waals surface area contributed by atoms with Crippen LogP contribution in [-0.2, 0) is 11.2 Å². The van der Waals surface area contributed by atoms with Crippen molar-refractivity contribution in [2.45, 2.75) is 19.4 Å². The molecule has 4 rings (SSSR count). The molecule has 4 heterocycles. The van der Waals surface area contributed by atoms with Gasteiger partial charge in [-0.1, -0.05) is 6.07 Å². The second-order valence-corrected chi connectivity index (χ2v) is 6.48. The Morgan fingerprint density at radius 3 is 3.00 bits per heavy atom. The normalized spacial score (nSPS) is 20.0. The molecule has 3 aromatic rings. The molecule has 0 aromatic carbocycles. The summed E-state index contributed by atoms with van der Waals surface area (Å²) >= 11 is 0. The lowest BCUT2D eigenvalue weighted by Gasteiger charge is -2.19. The van der Waals surface area contributed by atoms with Crippen LogP contribution in [0.25, 0.3) is 5.52 Å². The Labute approximate surface area is 145 Å². The van der Waals surface area contributed by atoms with Crippen molar-refractivity contribution in [1.82, 2.24) is 19.9 Å². The van der Waals surface area contributed by atoms with Crippen LogP contribution >= 0.6 is 0 Å². The standard InChI is InChI=1S/C19H20N4O2/c1-13-3-2-8-23-18(13)16(10-21-23)19(24)22-17-12-25-11-15(17)9-14-4-6-20-7-5-14/h2-8,10,15,17H,9,11-12H2,1H3,(H,22,24)/t15-,17+/m1/s1. The van der Waals surface area contributed by atoms with Crippen molar-refractivity contribution in [3.8, 4) is 0 Å². The number of aromatic nitrogens is 3. The zero-order chi connectivity index (χ0) is 17.2. The largest absolute Gasteiger partial charge is 0.379 e. The van der Waals surface area contributed by atoms with Crippen LogP contribution in [0.5, 0.6) is 0 Å². The van der Waals surface area contributed by atoms with Gasteiger partial charge in [0.1, 0.15) is 0 Å². The highest BCUT2D eigenvalue weighted by Gasteiger charge is 2.30. The number of carbonyl (C=O) groups is 1. The van der Waals surface area contributed by atoms with Gasteiger partial charge in [0.15, 0.2) is 0 Å². The van der Waals surface area contributed by atoms with Gasteiger partial charge in [0.25, 0.3) is 5.91 Å². The third-order valence-electron chi connectivity index (χ3n) is 4.75. The fourth-order valence-electron chi connectivity index (χ4n) is 3.41. The zero-order valence-corrected chi connectivity index (χ0v) is 14.1. The van der Waals surface area contributed by atoms with Gasteiger partial charge in [0.05, 0.1) is 36.5 Å². The molecule has 1 aliphatic heterocycles. The molecule has 0 aliphatic carbocycles. The van der Waals surface area contributed by atoms with Crippen LogP contribution < -0.4 is 5.32 Å². The summed E-state index contributed by atoms with van der Waals surface area (Å²) in [5, 5.41) is 7.42. The van der Waals surface area contributed by atoms with Crippen molar-refractivity contribution < 1.29 is 9.53 Å². The number of hydrogen-bond acceptors (Lipinski definition) is 4. The molecular formula is C19H20N4O2. The molecule has 0 radical (unpaired) electrons. The summed E-state index contributed by atoms with van der Waals surface area (Å²) in [4.78, 5) is 16.8. The van der Waals surface area contributed by atoms with E-state index in [2.05, 4.69) is 15.4 Å². The maximum absolute atomic E-state index is 12.8. The second kappa shape index (κ2) is 6.64. The molecule has 1 fully saturated rings. The second-order valence-electron chi connectivity index (χ2n) is 6.48. The first kappa shape index (κ1) is 15.8. The maximum atomic E-state index is 12.8. The van der Waals surface area contributed by atoms with E-state index >= 15 is 0 Å². The van der Waals surface area contributed by atoms with Crippen LogP contribution in [0.15, 0.2) is 49.1 Å². The van der Waals surface area contributed by atoms with E-state index in [1.165, 1.54) is 5.56 Å².